The van der Waals surface area contributed by atoms with Crippen LogP contribution in [0.15, 0.2) is 243 Å². The van der Waals surface area contributed by atoms with Gasteiger partial charge in [0.2, 0.25) is 0 Å². The van der Waals surface area contributed by atoms with Crippen molar-refractivity contribution in [3.63, 3.8) is 0 Å². The summed E-state index contributed by atoms with van der Waals surface area (Å²) >= 11 is 0. The van der Waals surface area contributed by atoms with Crippen LogP contribution in [0.1, 0.15) is 45.0 Å². The lowest BCUT2D eigenvalue weighted by atomic mass is 9.61. The van der Waals surface area contributed by atoms with Crippen molar-refractivity contribution in [1.82, 2.24) is 4.57 Å². The normalized spacial score (nSPS) is 14.7. The molecule has 1 unspecified atom stereocenters. The summed E-state index contributed by atoms with van der Waals surface area (Å²) in [4.78, 5) is 2.45. The van der Waals surface area contributed by atoms with Crippen LogP contribution in [0.4, 0.5) is 17.1 Å². The van der Waals surface area contributed by atoms with Crippen molar-refractivity contribution in [3.05, 3.63) is 282 Å². The molecule has 0 N–H and O–H groups in total. The SMILES string of the molecule is C1=CC(c2ccc(N(c3ccc(-c4ccccc4)cc3)c3ccc4c(c3)C(c3ccccc3)(c3ccccc3)Cc3ccccc3-4)cc2)Cc2c1n(-c1ccccc1)c1ccccc21. The zero-order chi connectivity index (χ0) is 42.5. The highest BCUT2D eigenvalue weighted by molar-refractivity contribution is 5.91. The first-order valence-corrected chi connectivity index (χ1v) is 22.5. The van der Waals surface area contributed by atoms with E-state index in [1.54, 1.807) is 0 Å². The van der Waals surface area contributed by atoms with E-state index in [2.05, 4.69) is 258 Å². The van der Waals surface area contributed by atoms with Gasteiger partial charge < -0.3 is 9.47 Å². The lowest BCUT2D eigenvalue weighted by Gasteiger charge is -2.42. The van der Waals surface area contributed by atoms with Crippen LogP contribution in [0, 0.1) is 0 Å². The summed E-state index contributed by atoms with van der Waals surface area (Å²) in [6.07, 6.45) is 6.57. The van der Waals surface area contributed by atoms with Crippen molar-refractivity contribution in [3.8, 4) is 27.9 Å². The highest BCUT2D eigenvalue weighted by atomic mass is 15.1. The van der Waals surface area contributed by atoms with Crippen molar-refractivity contribution in [2.24, 2.45) is 0 Å². The first-order valence-electron chi connectivity index (χ1n) is 22.5. The van der Waals surface area contributed by atoms with Crippen molar-refractivity contribution in [2.75, 3.05) is 4.90 Å². The first kappa shape index (κ1) is 37.8. The summed E-state index contributed by atoms with van der Waals surface area (Å²) in [5.74, 6) is 0.261. The molecule has 0 saturated heterocycles. The van der Waals surface area contributed by atoms with E-state index >= 15 is 0 Å². The maximum Gasteiger partial charge on any atom is 0.0537 e. The number of para-hydroxylation sites is 2. The predicted molar refractivity (Wildman–Crippen MR) is 267 cm³/mol. The molecule has 0 saturated carbocycles. The Balaban J connectivity index is 0.987. The molecule has 0 aliphatic heterocycles. The lowest BCUT2D eigenvalue weighted by Crippen LogP contribution is -2.35. The van der Waals surface area contributed by atoms with Crippen LogP contribution in [0.3, 0.4) is 0 Å². The maximum atomic E-state index is 2.48. The number of rotatable bonds is 8. The van der Waals surface area contributed by atoms with E-state index in [1.165, 1.54) is 77.9 Å². The number of aromatic nitrogens is 1. The fourth-order valence-electron chi connectivity index (χ4n) is 10.8. The van der Waals surface area contributed by atoms with Gasteiger partial charge in [-0.15, -0.1) is 0 Å². The van der Waals surface area contributed by atoms with Gasteiger partial charge in [0.05, 0.1) is 5.52 Å². The number of benzene rings is 9. The zero-order valence-corrected chi connectivity index (χ0v) is 35.6. The van der Waals surface area contributed by atoms with E-state index in [9.17, 15) is 0 Å². The third-order valence-electron chi connectivity index (χ3n) is 13.8. The van der Waals surface area contributed by atoms with E-state index in [4.69, 9.17) is 0 Å². The number of hydrogen-bond acceptors (Lipinski definition) is 1. The summed E-state index contributed by atoms with van der Waals surface area (Å²) in [7, 11) is 0. The predicted octanol–water partition coefficient (Wildman–Crippen LogP) is 15.7. The van der Waals surface area contributed by atoms with Crippen LogP contribution in [-0.4, -0.2) is 4.57 Å². The zero-order valence-electron chi connectivity index (χ0n) is 35.6. The van der Waals surface area contributed by atoms with Gasteiger partial charge in [0.15, 0.2) is 0 Å². The standard InChI is InChI=1S/C62H46N2/c1-5-17-44(18-6-1)45-29-34-52(35-30-45)63(53-36-31-46(32-37-53)47-33-40-61-58(41-47)57-27-15-16-28-60(57)64(61)51-24-11-4-12-25-51)54-38-39-56-55-26-14-13-19-48(55)43-62(59(56)42-54,49-20-7-2-8-21-49)50-22-9-3-10-23-50/h1-40,42,47H,41,43H2. The minimum absolute atomic E-state index is 0.261. The van der Waals surface area contributed by atoms with Crippen LogP contribution < -0.4 is 4.90 Å². The third kappa shape index (κ3) is 6.33. The minimum Gasteiger partial charge on any atom is -0.310 e. The van der Waals surface area contributed by atoms with Crippen molar-refractivity contribution >= 4 is 34.0 Å². The molecule has 64 heavy (non-hydrogen) atoms. The molecular weight excluding hydrogens is 773 g/mol. The molecule has 0 spiro atoms. The van der Waals surface area contributed by atoms with Gasteiger partial charge in [0.25, 0.3) is 0 Å². The molecule has 2 heteroatoms. The Labute approximate surface area is 375 Å². The van der Waals surface area contributed by atoms with Crippen molar-refractivity contribution in [2.45, 2.75) is 24.2 Å². The van der Waals surface area contributed by atoms with Gasteiger partial charge in [-0.05, 0) is 129 Å². The molecule has 0 amide bonds. The average Bonchev–Trinajstić information content (AvgIpc) is 3.71. The first-order chi connectivity index (χ1) is 31.7. The Morgan fingerprint density at radius 1 is 0.469 bits per heavy atom. The minimum atomic E-state index is -0.398. The van der Waals surface area contributed by atoms with E-state index in [0.29, 0.717) is 0 Å². The topological polar surface area (TPSA) is 8.17 Å². The van der Waals surface area contributed by atoms with Gasteiger partial charge in [-0.1, -0.05) is 188 Å². The Bertz CT molecular complexity index is 3250. The molecule has 1 aromatic heterocycles. The second kappa shape index (κ2) is 15.8. The van der Waals surface area contributed by atoms with Gasteiger partial charge in [-0.25, -0.2) is 0 Å². The Kier molecular flexibility index (Phi) is 9.30. The Morgan fingerprint density at radius 2 is 1.03 bits per heavy atom. The number of hydrogen-bond donors (Lipinski definition) is 0. The van der Waals surface area contributed by atoms with E-state index in [0.717, 1.165) is 29.9 Å². The second-order valence-electron chi connectivity index (χ2n) is 17.3. The number of anilines is 3. The summed E-state index contributed by atoms with van der Waals surface area (Å²) in [5.41, 5.74) is 19.7. The molecule has 2 aliphatic rings. The van der Waals surface area contributed by atoms with E-state index in [-0.39, 0.29) is 5.92 Å². The van der Waals surface area contributed by atoms with Gasteiger partial charge in [-0.2, -0.15) is 0 Å². The van der Waals surface area contributed by atoms with Crippen LogP contribution >= 0.6 is 0 Å². The van der Waals surface area contributed by atoms with E-state index < -0.39 is 5.41 Å². The molecular formula is C62H46N2. The number of fused-ring (bicyclic) bond motifs is 6. The highest BCUT2D eigenvalue weighted by Gasteiger charge is 2.42. The smallest absolute Gasteiger partial charge is 0.0537 e. The molecule has 1 heterocycles. The largest absolute Gasteiger partial charge is 0.310 e. The average molecular weight is 819 g/mol. The second-order valence-corrected chi connectivity index (χ2v) is 17.3. The fourth-order valence-corrected chi connectivity index (χ4v) is 10.8. The summed E-state index contributed by atoms with van der Waals surface area (Å²) in [5, 5.41) is 1.33. The number of allylic oxidation sites excluding steroid dienone is 1. The highest BCUT2D eigenvalue weighted by Crippen LogP contribution is 2.52. The molecule has 0 fully saturated rings. The molecule has 9 aromatic carbocycles. The quantitative estimate of drug-likeness (QED) is 0.148. The summed E-state index contributed by atoms with van der Waals surface area (Å²) in [6.45, 7) is 0. The molecule has 1 atom stereocenters. The van der Waals surface area contributed by atoms with Crippen LogP contribution in [0.25, 0.3) is 44.9 Å². The molecule has 12 rings (SSSR count). The van der Waals surface area contributed by atoms with Crippen LogP contribution in [0.5, 0.6) is 0 Å². The molecule has 2 nitrogen and oxygen atoms in total. The monoisotopic (exact) mass is 818 g/mol. The summed E-state index contributed by atoms with van der Waals surface area (Å²) < 4.78 is 2.42. The lowest BCUT2D eigenvalue weighted by molar-refractivity contribution is 0.606. The molecule has 10 aromatic rings. The molecule has 2 aliphatic carbocycles. The van der Waals surface area contributed by atoms with E-state index in [1.807, 2.05) is 0 Å². The number of nitrogens with zero attached hydrogens (tertiary/aromatic N) is 2. The van der Waals surface area contributed by atoms with Crippen molar-refractivity contribution < 1.29 is 0 Å². The Hall–Kier alpha value is -7.94. The van der Waals surface area contributed by atoms with Gasteiger partial charge in [-0.3, -0.25) is 0 Å². The summed E-state index contributed by atoms with van der Waals surface area (Å²) in [6, 6.07) is 87.2. The van der Waals surface area contributed by atoms with Crippen LogP contribution in [0.2, 0.25) is 0 Å². The van der Waals surface area contributed by atoms with Crippen molar-refractivity contribution in [1.29, 1.82) is 0 Å². The van der Waals surface area contributed by atoms with Gasteiger partial charge in [0, 0.05) is 45.2 Å². The maximum absolute atomic E-state index is 2.48. The van der Waals surface area contributed by atoms with Gasteiger partial charge >= 0.3 is 0 Å². The van der Waals surface area contributed by atoms with Gasteiger partial charge in [0.1, 0.15) is 0 Å². The molecule has 0 radical (unpaired) electrons. The third-order valence-corrected chi connectivity index (χ3v) is 13.8. The molecule has 0 bridgehead atoms. The fraction of sp³-hybridized carbons (Fsp3) is 0.0645. The van der Waals surface area contributed by atoms with Crippen LogP contribution in [-0.2, 0) is 18.3 Å². The molecule has 304 valence electrons. The Morgan fingerprint density at radius 3 is 1.73 bits per heavy atom.